The highest BCUT2D eigenvalue weighted by atomic mass is 32.2. The SMILES string of the molecule is CCNCC1CCN(S(=O)(=O)NC(C)CCSC)CC1. The summed E-state index contributed by atoms with van der Waals surface area (Å²) in [7, 11) is -3.30. The largest absolute Gasteiger partial charge is 0.317 e. The molecule has 1 unspecified atom stereocenters. The third-order valence-electron chi connectivity index (χ3n) is 3.70. The first-order valence-corrected chi connectivity index (χ1v) is 10.3. The van der Waals surface area contributed by atoms with Gasteiger partial charge < -0.3 is 5.32 Å². The second-order valence-corrected chi connectivity index (χ2v) is 8.14. The first-order valence-electron chi connectivity index (χ1n) is 7.46. The van der Waals surface area contributed by atoms with Gasteiger partial charge in [0, 0.05) is 19.1 Å². The lowest BCUT2D eigenvalue weighted by Crippen LogP contribution is -2.48. The third kappa shape index (κ3) is 6.30. The zero-order valence-corrected chi connectivity index (χ0v) is 14.5. The molecule has 0 aliphatic carbocycles. The van der Waals surface area contributed by atoms with Crippen LogP contribution < -0.4 is 10.0 Å². The van der Waals surface area contributed by atoms with Crippen molar-refractivity contribution in [1.82, 2.24) is 14.3 Å². The van der Waals surface area contributed by atoms with E-state index in [2.05, 4.69) is 17.0 Å². The van der Waals surface area contributed by atoms with Crippen LogP contribution in [0.25, 0.3) is 0 Å². The number of rotatable bonds is 9. The van der Waals surface area contributed by atoms with Crippen molar-refractivity contribution in [3.63, 3.8) is 0 Å². The molecule has 0 aromatic heterocycles. The summed E-state index contributed by atoms with van der Waals surface area (Å²) >= 11 is 1.74. The van der Waals surface area contributed by atoms with Crippen LogP contribution in [0.4, 0.5) is 0 Å². The summed E-state index contributed by atoms with van der Waals surface area (Å²) in [5, 5.41) is 3.34. The molecule has 0 aromatic carbocycles. The van der Waals surface area contributed by atoms with Crippen molar-refractivity contribution < 1.29 is 8.42 Å². The van der Waals surface area contributed by atoms with Crippen LogP contribution in [0.3, 0.4) is 0 Å². The molecule has 20 heavy (non-hydrogen) atoms. The van der Waals surface area contributed by atoms with Crippen LogP contribution in [-0.2, 0) is 10.2 Å². The summed E-state index contributed by atoms with van der Waals surface area (Å²) in [6.45, 7) is 7.29. The highest BCUT2D eigenvalue weighted by Gasteiger charge is 2.28. The number of hydrogen-bond donors (Lipinski definition) is 2. The topological polar surface area (TPSA) is 61.4 Å². The van der Waals surface area contributed by atoms with Gasteiger partial charge >= 0.3 is 0 Å². The fourth-order valence-corrected chi connectivity index (χ4v) is 4.44. The Morgan fingerprint density at radius 3 is 2.55 bits per heavy atom. The maximum absolute atomic E-state index is 12.3. The minimum absolute atomic E-state index is 0.00642. The Bertz CT molecular complexity index is 355. The number of piperidine rings is 1. The maximum atomic E-state index is 12.3. The lowest BCUT2D eigenvalue weighted by molar-refractivity contribution is 0.265. The lowest BCUT2D eigenvalue weighted by atomic mass is 9.98. The molecule has 0 bridgehead atoms. The van der Waals surface area contributed by atoms with E-state index in [0.29, 0.717) is 19.0 Å². The zero-order chi connectivity index (χ0) is 15.0. The first kappa shape index (κ1) is 18.2. The zero-order valence-electron chi connectivity index (χ0n) is 12.9. The van der Waals surface area contributed by atoms with E-state index < -0.39 is 10.2 Å². The van der Waals surface area contributed by atoms with Gasteiger partial charge in [-0.05, 0) is 57.2 Å². The monoisotopic (exact) mass is 323 g/mol. The van der Waals surface area contributed by atoms with Gasteiger partial charge in [-0.3, -0.25) is 0 Å². The van der Waals surface area contributed by atoms with Gasteiger partial charge in [0.1, 0.15) is 0 Å². The molecule has 5 nitrogen and oxygen atoms in total. The fourth-order valence-electron chi connectivity index (χ4n) is 2.38. The molecule has 1 rings (SSSR count). The van der Waals surface area contributed by atoms with E-state index in [1.165, 1.54) is 0 Å². The standard InChI is InChI=1S/C13H29N3O2S2/c1-4-14-11-13-5-8-16(9-6-13)20(17,18)15-12(2)7-10-19-3/h12-15H,4-11H2,1-3H3. The first-order chi connectivity index (χ1) is 9.49. The van der Waals surface area contributed by atoms with E-state index in [9.17, 15) is 8.42 Å². The van der Waals surface area contributed by atoms with Crippen molar-refractivity contribution in [2.75, 3.05) is 38.2 Å². The van der Waals surface area contributed by atoms with Gasteiger partial charge in [-0.1, -0.05) is 6.92 Å². The van der Waals surface area contributed by atoms with Crippen molar-refractivity contribution in [2.24, 2.45) is 5.92 Å². The average molecular weight is 324 g/mol. The average Bonchev–Trinajstić information content (AvgIpc) is 2.43. The number of nitrogens with one attached hydrogen (secondary N) is 2. The molecule has 1 aliphatic rings. The highest BCUT2D eigenvalue weighted by Crippen LogP contribution is 2.18. The van der Waals surface area contributed by atoms with Gasteiger partial charge in [-0.15, -0.1) is 0 Å². The van der Waals surface area contributed by atoms with Crippen molar-refractivity contribution >= 4 is 22.0 Å². The number of nitrogens with zero attached hydrogens (tertiary/aromatic N) is 1. The molecule has 120 valence electrons. The third-order valence-corrected chi connectivity index (χ3v) is 6.09. The van der Waals surface area contributed by atoms with E-state index in [-0.39, 0.29) is 6.04 Å². The maximum Gasteiger partial charge on any atom is 0.279 e. The van der Waals surface area contributed by atoms with Crippen molar-refractivity contribution in [2.45, 2.75) is 39.2 Å². The number of thioether (sulfide) groups is 1. The van der Waals surface area contributed by atoms with E-state index in [1.54, 1.807) is 16.1 Å². The van der Waals surface area contributed by atoms with E-state index in [1.807, 2.05) is 13.2 Å². The summed E-state index contributed by atoms with van der Waals surface area (Å²) in [6, 6.07) is 0.00642. The van der Waals surface area contributed by atoms with Crippen LogP contribution in [0.15, 0.2) is 0 Å². The normalized spacial score (nSPS) is 20.1. The van der Waals surface area contributed by atoms with Crippen molar-refractivity contribution in [1.29, 1.82) is 0 Å². The Balaban J connectivity index is 2.38. The van der Waals surface area contributed by atoms with E-state index >= 15 is 0 Å². The minimum atomic E-state index is -3.30. The second kappa shape index (κ2) is 9.25. The molecule has 1 fully saturated rings. The molecule has 2 N–H and O–H groups in total. The lowest BCUT2D eigenvalue weighted by Gasteiger charge is -2.32. The van der Waals surface area contributed by atoms with Crippen molar-refractivity contribution in [3.8, 4) is 0 Å². The molecule has 0 aromatic rings. The Hall–Kier alpha value is 0.180. The molecule has 1 atom stereocenters. The molecule has 1 aliphatic heterocycles. The molecule has 1 saturated heterocycles. The summed E-state index contributed by atoms with van der Waals surface area (Å²) in [5.74, 6) is 1.59. The molecular weight excluding hydrogens is 294 g/mol. The Morgan fingerprint density at radius 1 is 1.35 bits per heavy atom. The molecule has 0 spiro atoms. The summed E-state index contributed by atoms with van der Waals surface area (Å²) in [4.78, 5) is 0. The van der Waals surface area contributed by atoms with Crippen LogP contribution >= 0.6 is 11.8 Å². The predicted molar refractivity (Wildman–Crippen MR) is 87.4 cm³/mol. The fraction of sp³-hybridized carbons (Fsp3) is 1.00. The Kier molecular flexibility index (Phi) is 8.43. The van der Waals surface area contributed by atoms with Gasteiger partial charge in [0.05, 0.1) is 0 Å². The van der Waals surface area contributed by atoms with Crippen LogP contribution in [-0.4, -0.2) is 57.0 Å². The van der Waals surface area contributed by atoms with Gasteiger partial charge in [-0.2, -0.15) is 29.2 Å². The quantitative estimate of drug-likeness (QED) is 0.671. The van der Waals surface area contributed by atoms with Gasteiger partial charge in [0.2, 0.25) is 0 Å². The van der Waals surface area contributed by atoms with Gasteiger partial charge in [0.15, 0.2) is 0 Å². The summed E-state index contributed by atoms with van der Waals surface area (Å²) < 4.78 is 28.9. The smallest absolute Gasteiger partial charge is 0.279 e. The summed E-state index contributed by atoms with van der Waals surface area (Å²) in [5.41, 5.74) is 0. The van der Waals surface area contributed by atoms with Crippen LogP contribution in [0.5, 0.6) is 0 Å². The Morgan fingerprint density at radius 2 is 2.00 bits per heavy atom. The molecule has 0 amide bonds. The molecule has 1 heterocycles. The Labute approximate surface area is 128 Å². The predicted octanol–water partition coefficient (Wildman–Crippen LogP) is 1.28. The van der Waals surface area contributed by atoms with Crippen LogP contribution in [0.2, 0.25) is 0 Å². The highest BCUT2D eigenvalue weighted by molar-refractivity contribution is 7.98. The minimum Gasteiger partial charge on any atom is -0.317 e. The molecule has 7 heteroatoms. The second-order valence-electron chi connectivity index (χ2n) is 5.46. The molecule has 0 saturated carbocycles. The molecule has 0 radical (unpaired) electrons. The molecular formula is C13H29N3O2S2. The number of hydrogen-bond acceptors (Lipinski definition) is 4. The van der Waals surface area contributed by atoms with Crippen LogP contribution in [0, 0.1) is 5.92 Å². The van der Waals surface area contributed by atoms with Crippen LogP contribution in [0.1, 0.15) is 33.1 Å². The van der Waals surface area contributed by atoms with E-state index in [4.69, 9.17) is 0 Å². The van der Waals surface area contributed by atoms with E-state index in [0.717, 1.165) is 38.1 Å². The van der Waals surface area contributed by atoms with Crippen molar-refractivity contribution in [3.05, 3.63) is 0 Å². The van der Waals surface area contributed by atoms with Gasteiger partial charge in [-0.25, -0.2) is 0 Å². The van der Waals surface area contributed by atoms with Gasteiger partial charge in [0.25, 0.3) is 10.2 Å². The summed E-state index contributed by atoms with van der Waals surface area (Å²) in [6.07, 6.45) is 4.81.